The molecule has 0 amide bonds. The van der Waals surface area contributed by atoms with E-state index < -0.39 is 11.8 Å². The third-order valence-electron chi connectivity index (χ3n) is 2.56. The first-order valence-corrected chi connectivity index (χ1v) is 5.78. The Hall–Kier alpha value is -2.95. The summed E-state index contributed by atoms with van der Waals surface area (Å²) in [5.74, 6) is -1.97. The van der Waals surface area contributed by atoms with Crippen molar-refractivity contribution in [2.75, 3.05) is 0 Å². The fraction of sp³-hybridized carbons (Fsp3) is 0. The van der Waals surface area contributed by atoms with E-state index >= 15 is 0 Å². The SMILES string of the molecule is O=C(O)c1cccc(C(=O)/C=C(\O)c2ccccc2)n1. The number of carboxylic acids is 1. The Labute approximate surface area is 114 Å². The summed E-state index contributed by atoms with van der Waals surface area (Å²) in [6.45, 7) is 0. The van der Waals surface area contributed by atoms with E-state index in [2.05, 4.69) is 4.98 Å². The number of aromatic nitrogens is 1. The molecule has 0 saturated carbocycles. The molecule has 1 aromatic heterocycles. The maximum Gasteiger partial charge on any atom is 0.354 e. The highest BCUT2D eigenvalue weighted by atomic mass is 16.4. The van der Waals surface area contributed by atoms with Gasteiger partial charge in [-0.15, -0.1) is 0 Å². The van der Waals surface area contributed by atoms with Crippen LogP contribution in [0.5, 0.6) is 0 Å². The lowest BCUT2D eigenvalue weighted by Gasteiger charge is -2.00. The molecule has 1 heterocycles. The zero-order chi connectivity index (χ0) is 14.5. The first kappa shape index (κ1) is 13.5. The number of carboxylic acid groups (broad SMARTS) is 1. The minimum atomic E-state index is -1.21. The van der Waals surface area contributed by atoms with Crippen LogP contribution < -0.4 is 0 Å². The molecule has 2 N–H and O–H groups in total. The number of hydrogen-bond acceptors (Lipinski definition) is 4. The van der Waals surface area contributed by atoms with Crippen molar-refractivity contribution in [2.24, 2.45) is 0 Å². The highest BCUT2D eigenvalue weighted by molar-refractivity contribution is 6.06. The van der Waals surface area contributed by atoms with Crippen molar-refractivity contribution in [1.29, 1.82) is 0 Å². The molecular formula is C15H11NO4. The molecule has 0 saturated heterocycles. The van der Waals surface area contributed by atoms with Crippen LogP contribution in [0.25, 0.3) is 5.76 Å². The number of benzene rings is 1. The quantitative estimate of drug-likeness (QED) is 0.506. The van der Waals surface area contributed by atoms with Crippen molar-refractivity contribution in [3.8, 4) is 0 Å². The molecule has 0 aliphatic rings. The van der Waals surface area contributed by atoms with Crippen LogP contribution in [0.3, 0.4) is 0 Å². The maximum absolute atomic E-state index is 11.9. The summed E-state index contributed by atoms with van der Waals surface area (Å²) in [6, 6.07) is 12.7. The Morgan fingerprint density at radius 1 is 0.900 bits per heavy atom. The summed E-state index contributed by atoms with van der Waals surface area (Å²) in [5.41, 5.74) is 0.242. The van der Waals surface area contributed by atoms with Gasteiger partial charge >= 0.3 is 5.97 Å². The number of aliphatic hydroxyl groups is 1. The zero-order valence-electron chi connectivity index (χ0n) is 10.4. The molecule has 0 atom stereocenters. The number of ketones is 1. The molecule has 0 unspecified atom stereocenters. The fourth-order valence-electron chi connectivity index (χ4n) is 1.58. The van der Waals surface area contributed by atoms with Crippen molar-refractivity contribution in [1.82, 2.24) is 4.98 Å². The first-order valence-electron chi connectivity index (χ1n) is 5.78. The minimum absolute atomic E-state index is 0.0348. The number of carbonyl (C=O) groups is 2. The Bertz CT molecular complexity index is 677. The zero-order valence-corrected chi connectivity index (χ0v) is 10.4. The highest BCUT2D eigenvalue weighted by Gasteiger charge is 2.11. The summed E-state index contributed by atoms with van der Waals surface area (Å²) in [5, 5.41) is 18.6. The molecule has 0 bridgehead atoms. The van der Waals surface area contributed by atoms with Crippen molar-refractivity contribution in [2.45, 2.75) is 0 Å². The van der Waals surface area contributed by atoms with Crippen molar-refractivity contribution >= 4 is 17.5 Å². The standard InChI is InChI=1S/C15H11NO4/c17-13(10-5-2-1-3-6-10)9-14(18)11-7-4-8-12(16-11)15(19)20/h1-9,17H,(H,19,20)/b13-9-. The molecule has 0 spiro atoms. The van der Waals surface area contributed by atoms with Gasteiger partial charge in [0.1, 0.15) is 17.1 Å². The van der Waals surface area contributed by atoms with Gasteiger partial charge in [0.25, 0.3) is 0 Å². The summed E-state index contributed by atoms with van der Waals surface area (Å²) < 4.78 is 0. The average Bonchev–Trinajstić information content (AvgIpc) is 2.48. The Morgan fingerprint density at radius 2 is 1.55 bits per heavy atom. The first-order chi connectivity index (χ1) is 9.58. The molecular weight excluding hydrogens is 258 g/mol. The van der Waals surface area contributed by atoms with E-state index in [1.807, 2.05) is 0 Å². The number of pyridine rings is 1. The van der Waals surface area contributed by atoms with Crippen molar-refractivity contribution < 1.29 is 19.8 Å². The fourth-order valence-corrected chi connectivity index (χ4v) is 1.58. The molecule has 0 aliphatic heterocycles. The monoisotopic (exact) mass is 269 g/mol. The van der Waals surface area contributed by atoms with Gasteiger partial charge in [-0.05, 0) is 12.1 Å². The Kier molecular flexibility index (Phi) is 3.91. The predicted octanol–water partition coefficient (Wildman–Crippen LogP) is 2.56. The lowest BCUT2D eigenvalue weighted by Crippen LogP contribution is -2.06. The second-order valence-electron chi connectivity index (χ2n) is 3.97. The van der Waals surface area contributed by atoms with E-state index in [0.717, 1.165) is 6.08 Å². The van der Waals surface area contributed by atoms with Crippen molar-refractivity contribution in [3.63, 3.8) is 0 Å². The van der Waals surface area contributed by atoms with Gasteiger partial charge in [0.2, 0.25) is 5.78 Å². The maximum atomic E-state index is 11.9. The van der Waals surface area contributed by atoms with E-state index in [9.17, 15) is 14.7 Å². The van der Waals surface area contributed by atoms with Crippen LogP contribution in [-0.4, -0.2) is 26.9 Å². The summed E-state index contributed by atoms with van der Waals surface area (Å²) in [4.78, 5) is 26.4. The van der Waals surface area contributed by atoms with Crippen molar-refractivity contribution in [3.05, 3.63) is 71.6 Å². The van der Waals surface area contributed by atoms with E-state index in [0.29, 0.717) is 5.56 Å². The van der Waals surface area contributed by atoms with Crippen LogP contribution in [0.2, 0.25) is 0 Å². The van der Waals surface area contributed by atoms with Gasteiger partial charge in [-0.25, -0.2) is 9.78 Å². The lowest BCUT2D eigenvalue weighted by atomic mass is 10.1. The number of aromatic carboxylic acids is 1. The van der Waals surface area contributed by atoms with E-state index in [1.165, 1.54) is 18.2 Å². The van der Waals surface area contributed by atoms with E-state index in [1.54, 1.807) is 30.3 Å². The van der Waals surface area contributed by atoms with Gasteiger partial charge in [-0.1, -0.05) is 36.4 Å². The molecule has 0 aliphatic carbocycles. The third-order valence-corrected chi connectivity index (χ3v) is 2.56. The summed E-state index contributed by atoms with van der Waals surface area (Å²) in [7, 11) is 0. The summed E-state index contributed by atoms with van der Waals surface area (Å²) in [6.07, 6.45) is 1.02. The third kappa shape index (κ3) is 3.08. The van der Waals surface area contributed by atoms with Crippen LogP contribution in [0, 0.1) is 0 Å². The van der Waals surface area contributed by atoms with Crippen LogP contribution in [0.15, 0.2) is 54.6 Å². The molecule has 2 aromatic rings. The van der Waals surface area contributed by atoms with Gasteiger partial charge in [-0.3, -0.25) is 4.79 Å². The lowest BCUT2D eigenvalue weighted by molar-refractivity contribution is 0.0690. The molecule has 100 valence electrons. The smallest absolute Gasteiger partial charge is 0.354 e. The molecule has 0 fully saturated rings. The number of hydrogen-bond donors (Lipinski definition) is 2. The van der Waals surface area contributed by atoms with Crippen LogP contribution in [0.1, 0.15) is 26.5 Å². The average molecular weight is 269 g/mol. The van der Waals surface area contributed by atoms with Gasteiger partial charge < -0.3 is 10.2 Å². The van der Waals surface area contributed by atoms with Gasteiger partial charge in [0, 0.05) is 11.6 Å². The van der Waals surface area contributed by atoms with E-state index in [-0.39, 0.29) is 17.1 Å². The number of carbonyl (C=O) groups excluding carboxylic acids is 1. The van der Waals surface area contributed by atoms with Gasteiger partial charge in [0.05, 0.1) is 0 Å². The number of aliphatic hydroxyl groups excluding tert-OH is 1. The minimum Gasteiger partial charge on any atom is -0.507 e. The van der Waals surface area contributed by atoms with Crippen LogP contribution >= 0.6 is 0 Å². The second-order valence-corrected chi connectivity index (χ2v) is 3.97. The van der Waals surface area contributed by atoms with Crippen LogP contribution in [0.4, 0.5) is 0 Å². The Morgan fingerprint density at radius 3 is 2.20 bits per heavy atom. The van der Waals surface area contributed by atoms with Crippen LogP contribution in [-0.2, 0) is 0 Å². The largest absolute Gasteiger partial charge is 0.507 e. The normalized spacial score (nSPS) is 11.1. The second kappa shape index (κ2) is 5.79. The molecule has 0 radical (unpaired) electrons. The number of allylic oxidation sites excluding steroid dienone is 1. The number of rotatable bonds is 4. The number of nitrogens with zero attached hydrogens (tertiary/aromatic N) is 1. The Balaban J connectivity index is 2.28. The summed E-state index contributed by atoms with van der Waals surface area (Å²) >= 11 is 0. The molecule has 5 nitrogen and oxygen atoms in total. The van der Waals surface area contributed by atoms with Gasteiger partial charge in [0.15, 0.2) is 0 Å². The predicted molar refractivity (Wildman–Crippen MR) is 72.6 cm³/mol. The topological polar surface area (TPSA) is 87.5 Å². The van der Waals surface area contributed by atoms with Gasteiger partial charge in [-0.2, -0.15) is 0 Å². The molecule has 5 heteroatoms. The molecule has 2 rings (SSSR count). The molecule has 20 heavy (non-hydrogen) atoms. The molecule has 1 aromatic carbocycles. The highest BCUT2D eigenvalue weighted by Crippen LogP contribution is 2.12. The van der Waals surface area contributed by atoms with E-state index in [4.69, 9.17) is 5.11 Å².